The first-order valence-electron chi connectivity index (χ1n) is 5.63. The summed E-state index contributed by atoms with van der Waals surface area (Å²) in [6, 6.07) is 6.48. The predicted octanol–water partition coefficient (Wildman–Crippen LogP) is 3.55. The first kappa shape index (κ1) is 11.8. The summed E-state index contributed by atoms with van der Waals surface area (Å²) in [5, 5.41) is 5.41. The van der Waals surface area contributed by atoms with Gasteiger partial charge < -0.3 is 0 Å². The fraction of sp³-hybridized carbons (Fsp3) is 0.462. The van der Waals surface area contributed by atoms with Gasteiger partial charge in [0, 0.05) is 12.4 Å². The molecule has 2 aromatic rings. The molecule has 0 saturated heterocycles. The van der Waals surface area contributed by atoms with Crippen LogP contribution in [0.5, 0.6) is 0 Å². The summed E-state index contributed by atoms with van der Waals surface area (Å²) in [4.78, 5) is 0. The highest BCUT2D eigenvalue weighted by Crippen LogP contribution is 2.14. The Balaban J connectivity index is 0.000000337. The van der Waals surface area contributed by atoms with E-state index in [-0.39, 0.29) is 0 Å². The molecule has 0 unspecified atom stereocenters. The van der Waals surface area contributed by atoms with Crippen LogP contribution in [0.15, 0.2) is 24.4 Å². The Kier molecular flexibility index (Phi) is 4.35. The van der Waals surface area contributed by atoms with Gasteiger partial charge in [0.2, 0.25) is 0 Å². The van der Waals surface area contributed by atoms with Crippen molar-refractivity contribution in [2.75, 3.05) is 0 Å². The SMILES string of the molecule is CCC.CCc1ccc2cnn(C)c2c1. The van der Waals surface area contributed by atoms with Crippen LogP contribution in [0, 0.1) is 0 Å². The molecule has 82 valence electrons. The molecule has 2 heteroatoms. The van der Waals surface area contributed by atoms with Gasteiger partial charge in [0.25, 0.3) is 0 Å². The molecule has 0 fully saturated rings. The molecule has 2 rings (SSSR count). The number of hydrogen-bond donors (Lipinski definition) is 0. The topological polar surface area (TPSA) is 17.8 Å². The van der Waals surface area contributed by atoms with Crippen LogP contribution in [-0.2, 0) is 13.5 Å². The smallest absolute Gasteiger partial charge is 0.0681 e. The Labute approximate surface area is 91.9 Å². The van der Waals surface area contributed by atoms with Crippen molar-refractivity contribution in [3.05, 3.63) is 30.0 Å². The predicted molar refractivity (Wildman–Crippen MR) is 66.1 cm³/mol. The van der Waals surface area contributed by atoms with Crippen molar-refractivity contribution < 1.29 is 0 Å². The monoisotopic (exact) mass is 204 g/mol. The lowest BCUT2D eigenvalue weighted by Crippen LogP contribution is -1.89. The van der Waals surface area contributed by atoms with Gasteiger partial charge in [-0.15, -0.1) is 0 Å². The summed E-state index contributed by atoms with van der Waals surface area (Å²) in [7, 11) is 1.97. The first-order valence-corrected chi connectivity index (χ1v) is 5.63. The van der Waals surface area contributed by atoms with E-state index >= 15 is 0 Å². The van der Waals surface area contributed by atoms with Gasteiger partial charge in [0.1, 0.15) is 0 Å². The Morgan fingerprint density at radius 1 is 1.20 bits per heavy atom. The van der Waals surface area contributed by atoms with Crippen molar-refractivity contribution in [3.8, 4) is 0 Å². The van der Waals surface area contributed by atoms with Gasteiger partial charge in [-0.1, -0.05) is 39.3 Å². The lowest BCUT2D eigenvalue weighted by molar-refractivity contribution is 0.796. The Morgan fingerprint density at radius 2 is 1.87 bits per heavy atom. The van der Waals surface area contributed by atoms with Gasteiger partial charge in [0.15, 0.2) is 0 Å². The minimum Gasteiger partial charge on any atom is -0.268 e. The molecule has 0 spiro atoms. The zero-order chi connectivity index (χ0) is 11.3. The Bertz CT molecular complexity index is 415. The second-order valence-electron chi connectivity index (χ2n) is 3.72. The number of fused-ring (bicyclic) bond motifs is 1. The minimum absolute atomic E-state index is 1.08. The molecule has 0 aliphatic rings. The van der Waals surface area contributed by atoms with E-state index < -0.39 is 0 Å². The average molecular weight is 204 g/mol. The van der Waals surface area contributed by atoms with Crippen LogP contribution in [0.1, 0.15) is 32.8 Å². The molecule has 15 heavy (non-hydrogen) atoms. The van der Waals surface area contributed by atoms with Crippen LogP contribution in [-0.4, -0.2) is 9.78 Å². The second kappa shape index (κ2) is 5.54. The summed E-state index contributed by atoms with van der Waals surface area (Å²) in [5.74, 6) is 0. The normalized spacial score (nSPS) is 9.87. The van der Waals surface area contributed by atoms with Gasteiger partial charge in [0.05, 0.1) is 11.7 Å². The highest BCUT2D eigenvalue weighted by molar-refractivity contribution is 5.79. The summed E-state index contributed by atoms with van der Waals surface area (Å²) in [6.45, 7) is 6.41. The van der Waals surface area contributed by atoms with Gasteiger partial charge in [-0.05, 0) is 18.1 Å². The van der Waals surface area contributed by atoms with Gasteiger partial charge in [-0.2, -0.15) is 5.10 Å². The van der Waals surface area contributed by atoms with Crippen LogP contribution in [0.2, 0.25) is 0 Å². The summed E-state index contributed by atoms with van der Waals surface area (Å²) in [6.07, 6.45) is 4.23. The Morgan fingerprint density at radius 3 is 2.47 bits per heavy atom. The average Bonchev–Trinajstić information content (AvgIpc) is 2.61. The standard InChI is InChI=1S/C10H12N2.C3H8/c1-3-8-4-5-9-7-11-12(2)10(9)6-8;1-3-2/h4-7H,3H2,1-2H3;3H2,1-2H3. The largest absolute Gasteiger partial charge is 0.268 e. The molecule has 1 heterocycles. The Hall–Kier alpha value is -1.31. The molecular weight excluding hydrogens is 184 g/mol. The third-order valence-electron chi connectivity index (χ3n) is 2.22. The fourth-order valence-corrected chi connectivity index (χ4v) is 1.41. The maximum Gasteiger partial charge on any atom is 0.0681 e. The van der Waals surface area contributed by atoms with Crippen molar-refractivity contribution in [2.24, 2.45) is 7.05 Å². The lowest BCUT2D eigenvalue weighted by atomic mass is 10.1. The van der Waals surface area contributed by atoms with Crippen LogP contribution < -0.4 is 0 Å². The highest BCUT2D eigenvalue weighted by Gasteiger charge is 1.98. The third kappa shape index (κ3) is 2.82. The molecule has 0 bridgehead atoms. The minimum atomic E-state index is 1.08. The van der Waals surface area contributed by atoms with E-state index in [1.165, 1.54) is 22.9 Å². The third-order valence-corrected chi connectivity index (χ3v) is 2.22. The number of nitrogens with zero attached hydrogens (tertiary/aromatic N) is 2. The summed E-state index contributed by atoms with van der Waals surface area (Å²) >= 11 is 0. The van der Waals surface area contributed by atoms with E-state index in [2.05, 4.69) is 44.1 Å². The number of aryl methyl sites for hydroxylation is 2. The van der Waals surface area contributed by atoms with Crippen LogP contribution >= 0.6 is 0 Å². The van der Waals surface area contributed by atoms with Crippen molar-refractivity contribution in [2.45, 2.75) is 33.6 Å². The van der Waals surface area contributed by atoms with Crippen molar-refractivity contribution in [3.63, 3.8) is 0 Å². The molecule has 0 saturated carbocycles. The maximum atomic E-state index is 4.19. The zero-order valence-corrected chi connectivity index (χ0v) is 10.1. The molecule has 1 aromatic carbocycles. The first-order chi connectivity index (χ1) is 7.22. The molecule has 1 aromatic heterocycles. The second-order valence-corrected chi connectivity index (χ2v) is 3.72. The number of rotatable bonds is 1. The van der Waals surface area contributed by atoms with Crippen LogP contribution in [0.3, 0.4) is 0 Å². The molecule has 0 atom stereocenters. The van der Waals surface area contributed by atoms with Crippen LogP contribution in [0.4, 0.5) is 0 Å². The molecule has 0 aliphatic heterocycles. The number of benzene rings is 1. The van der Waals surface area contributed by atoms with E-state index in [4.69, 9.17) is 0 Å². The number of hydrogen-bond acceptors (Lipinski definition) is 1. The van der Waals surface area contributed by atoms with E-state index in [0.29, 0.717) is 0 Å². The van der Waals surface area contributed by atoms with Gasteiger partial charge in [-0.3, -0.25) is 4.68 Å². The molecule has 0 amide bonds. The van der Waals surface area contributed by atoms with E-state index in [9.17, 15) is 0 Å². The van der Waals surface area contributed by atoms with Gasteiger partial charge in [-0.25, -0.2) is 0 Å². The van der Waals surface area contributed by atoms with E-state index in [1.54, 1.807) is 0 Å². The fourth-order valence-electron chi connectivity index (χ4n) is 1.41. The van der Waals surface area contributed by atoms with Crippen LogP contribution in [0.25, 0.3) is 10.9 Å². The van der Waals surface area contributed by atoms with Crippen molar-refractivity contribution in [1.29, 1.82) is 0 Å². The van der Waals surface area contributed by atoms with E-state index in [0.717, 1.165) is 6.42 Å². The number of aromatic nitrogens is 2. The summed E-state index contributed by atoms with van der Waals surface area (Å²) in [5.41, 5.74) is 2.58. The quantitative estimate of drug-likeness (QED) is 0.694. The molecule has 2 nitrogen and oxygen atoms in total. The molecular formula is C13H20N2. The van der Waals surface area contributed by atoms with Gasteiger partial charge >= 0.3 is 0 Å². The maximum absolute atomic E-state index is 4.19. The van der Waals surface area contributed by atoms with Crippen molar-refractivity contribution >= 4 is 10.9 Å². The highest BCUT2D eigenvalue weighted by atomic mass is 15.2. The van der Waals surface area contributed by atoms with Crippen molar-refractivity contribution in [1.82, 2.24) is 9.78 Å². The lowest BCUT2D eigenvalue weighted by Gasteiger charge is -1.97. The van der Waals surface area contributed by atoms with E-state index in [1.807, 2.05) is 17.9 Å². The molecule has 0 radical (unpaired) electrons. The summed E-state index contributed by atoms with van der Waals surface area (Å²) < 4.78 is 1.91. The molecule has 0 aliphatic carbocycles. The zero-order valence-electron chi connectivity index (χ0n) is 10.1. The molecule has 0 N–H and O–H groups in total.